The maximum Gasteiger partial charge on any atom is 0.414 e. The number of ether oxygens (including phenoxy) is 3. The van der Waals surface area contributed by atoms with Crippen LogP contribution in [-0.2, 0) is 43.6 Å². The van der Waals surface area contributed by atoms with Crippen LogP contribution in [0.4, 0.5) is 14.4 Å². The summed E-state index contributed by atoms with van der Waals surface area (Å²) < 4.78 is 16.8. The van der Waals surface area contributed by atoms with Gasteiger partial charge in [-0.05, 0) is 58.1 Å². The number of carboxylic acids is 1. The minimum atomic E-state index is -1.33. The number of aromatic nitrogens is 2. The summed E-state index contributed by atoms with van der Waals surface area (Å²) in [7, 11) is 0. The number of carbonyl (C=O) groups is 5. The Morgan fingerprint density at radius 1 is 0.873 bits per heavy atom. The molecule has 1 heterocycles. The fourth-order valence-corrected chi connectivity index (χ4v) is 4.86. The number of benzene rings is 2. The fourth-order valence-electron chi connectivity index (χ4n) is 4.86. The topological polar surface area (TPSA) is 240 Å². The average Bonchev–Trinajstić information content (AvgIpc) is 3.11. The maximum atomic E-state index is 13.3. The number of rotatable bonds is 16. The minimum Gasteiger partial charge on any atom is -0.480 e. The molecule has 3 rings (SSSR count). The molecule has 0 saturated heterocycles. The Morgan fingerprint density at radius 3 is 1.96 bits per heavy atom. The lowest BCUT2D eigenvalue weighted by molar-refractivity contribution is -0.145. The summed E-state index contributed by atoms with van der Waals surface area (Å²) in [5.41, 5.74) is -0.669. The molecular formula is C37H47N7O11. The summed E-state index contributed by atoms with van der Waals surface area (Å²) in [6.07, 6.45) is -0.448. The van der Waals surface area contributed by atoms with Crippen molar-refractivity contribution in [3.8, 4) is 0 Å². The van der Waals surface area contributed by atoms with Crippen molar-refractivity contribution < 1.29 is 43.3 Å². The molecule has 0 spiro atoms. The number of nitrogens with zero attached hydrogens (tertiary/aromatic N) is 3. The van der Waals surface area contributed by atoms with Gasteiger partial charge < -0.3 is 29.5 Å². The lowest BCUT2D eigenvalue weighted by Crippen LogP contribution is -2.49. The standard InChI is InChI=1S/C37H47N7O11/c1-25-19-44(33(49)40-31(25)48)21-29(45)43(22-30(46)47)20-28(39-36(52)55-37(2,3)4)17-11-12-18-38-32(41-34(50)53-23-26-13-7-5-8-14-26)42-35(51)54-24-27-15-9-6-10-16-27/h5-10,13-16,19,28H,11-12,17-18,20-24H2,1-4H3,(H,39,52)(H,46,47)(H,40,48,49)(H2,38,41,42,50,51)/t28-/m0/s1. The van der Waals surface area contributed by atoms with Gasteiger partial charge in [0.1, 0.15) is 31.9 Å². The van der Waals surface area contributed by atoms with Gasteiger partial charge in [-0.2, -0.15) is 0 Å². The molecule has 18 nitrogen and oxygen atoms in total. The molecule has 3 aromatic rings. The number of aromatic amines is 1. The van der Waals surface area contributed by atoms with E-state index in [1.165, 1.54) is 13.1 Å². The first-order valence-corrected chi connectivity index (χ1v) is 17.4. The molecule has 0 radical (unpaired) electrons. The van der Waals surface area contributed by atoms with E-state index in [-0.39, 0.29) is 44.2 Å². The molecule has 0 saturated carbocycles. The van der Waals surface area contributed by atoms with Crippen LogP contribution >= 0.6 is 0 Å². The summed E-state index contributed by atoms with van der Waals surface area (Å²) in [5, 5.41) is 17.1. The minimum absolute atomic E-state index is 0.0346. The molecule has 1 aromatic heterocycles. The predicted molar refractivity (Wildman–Crippen MR) is 199 cm³/mol. The van der Waals surface area contributed by atoms with Crippen LogP contribution in [0.3, 0.4) is 0 Å². The van der Waals surface area contributed by atoms with Crippen LogP contribution in [0.25, 0.3) is 0 Å². The summed E-state index contributed by atoms with van der Waals surface area (Å²) >= 11 is 0. The zero-order valence-corrected chi connectivity index (χ0v) is 31.2. The Hall–Kier alpha value is -6.46. The maximum absolute atomic E-state index is 13.3. The van der Waals surface area contributed by atoms with Crippen LogP contribution < -0.4 is 27.2 Å². The number of H-pyrrole nitrogens is 1. The Morgan fingerprint density at radius 2 is 1.44 bits per heavy atom. The molecule has 0 aliphatic rings. The van der Waals surface area contributed by atoms with Crippen molar-refractivity contribution in [3.63, 3.8) is 0 Å². The number of unbranched alkanes of at least 4 members (excludes halogenated alkanes) is 1. The Balaban J connectivity index is 1.70. The molecule has 1 atom stereocenters. The van der Waals surface area contributed by atoms with Gasteiger partial charge in [0.15, 0.2) is 0 Å². The van der Waals surface area contributed by atoms with Crippen LogP contribution in [0.1, 0.15) is 56.7 Å². The molecule has 0 unspecified atom stereocenters. The van der Waals surface area contributed by atoms with Gasteiger partial charge in [0, 0.05) is 30.9 Å². The highest BCUT2D eigenvalue weighted by atomic mass is 16.6. The Labute approximate surface area is 316 Å². The quantitative estimate of drug-likeness (QED) is 0.0615. The number of aliphatic carboxylic acids is 1. The summed E-state index contributed by atoms with van der Waals surface area (Å²) in [4.78, 5) is 94.5. The lowest BCUT2D eigenvalue weighted by atomic mass is 10.1. The van der Waals surface area contributed by atoms with E-state index in [2.05, 4.69) is 25.9 Å². The van der Waals surface area contributed by atoms with Crippen LogP contribution in [0.5, 0.6) is 0 Å². The van der Waals surface area contributed by atoms with E-state index in [0.29, 0.717) is 12.8 Å². The van der Waals surface area contributed by atoms with Crippen LogP contribution in [0.2, 0.25) is 0 Å². The van der Waals surface area contributed by atoms with Crippen molar-refractivity contribution in [2.45, 2.75) is 78.4 Å². The van der Waals surface area contributed by atoms with Crippen molar-refractivity contribution in [1.82, 2.24) is 30.4 Å². The summed E-state index contributed by atoms with van der Waals surface area (Å²) in [5.74, 6) is -2.32. The van der Waals surface area contributed by atoms with Gasteiger partial charge >= 0.3 is 29.9 Å². The van der Waals surface area contributed by atoms with E-state index in [0.717, 1.165) is 20.6 Å². The van der Waals surface area contributed by atoms with E-state index in [4.69, 9.17) is 14.2 Å². The second-order valence-corrected chi connectivity index (χ2v) is 13.3. The van der Waals surface area contributed by atoms with Crippen LogP contribution in [0, 0.1) is 6.92 Å². The molecule has 5 N–H and O–H groups in total. The van der Waals surface area contributed by atoms with Crippen molar-refractivity contribution >= 4 is 36.1 Å². The van der Waals surface area contributed by atoms with Crippen LogP contribution in [-0.4, -0.2) is 87.0 Å². The number of hydrogen-bond acceptors (Lipinski definition) is 11. The Kier molecular flexibility index (Phi) is 16.6. The molecule has 0 aliphatic heterocycles. The molecule has 0 aliphatic carbocycles. The number of alkyl carbamates (subject to hydrolysis) is 3. The molecular weight excluding hydrogens is 718 g/mol. The van der Waals surface area contributed by atoms with Gasteiger partial charge in [-0.3, -0.25) is 39.6 Å². The average molecular weight is 766 g/mol. The highest BCUT2D eigenvalue weighted by molar-refractivity contribution is 6.01. The normalized spacial score (nSPS) is 11.3. The molecule has 296 valence electrons. The van der Waals surface area contributed by atoms with E-state index < -0.39 is 66.1 Å². The number of amides is 4. The SMILES string of the molecule is Cc1cn(CC(=O)N(CC(=O)O)C[C@H](CCCCN=C(NC(=O)OCc2ccccc2)NC(=O)OCc2ccccc2)NC(=O)OC(C)(C)C)c(=O)[nH]c1=O. The third-order valence-electron chi connectivity index (χ3n) is 7.43. The highest BCUT2D eigenvalue weighted by Crippen LogP contribution is 2.10. The van der Waals surface area contributed by atoms with E-state index in [9.17, 15) is 38.7 Å². The summed E-state index contributed by atoms with van der Waals surface area (Å²) in [6.45, 7) is 4.87. The molecule has 18 heteroatoms. The van der Waals surface area contributed by atoms with Crippen LogP contribution in [0.15, 0.2) is 81.4 Å². The predicted octanol–water partition coefficient (Wildman–Crippen LogP) is 3.03. The van der Waals surface area contributed by atoms with Gasteiger partial charge in [-0.1, -0.05) is 60.7 Å². The number of aliphatic imine (C=N–C) groups is 1. The van der Waals surface area contributed by atoms with Gasteiger partial charge in [0.25, 0.3) is 5.56 Å². The number of hydrogen-bond donors (Lipinski definition) is 5. The highest BCUT2D eigenvalue weighted by Gasteiger charge is 2.25. The van der Waals surface area contributed by atoms with Gasteiger partial charge in [-0.15, -0.1) is 0 Å². The zero-order chi connectivity index (χ0) is 40.4. The molecule has 0 bridgehead atoms. The third-order valence-corrected chi connectivity index (χ3v) is 7.43. The number of aryl methyl sites for hydroxylation is 1. The van der Waals surface area contributed by atoms with Crippen molar-refractivity contribution in [3.05, 3.63) is 104 Å². The first-order valence-electron chi connectivity index (χ1n) is 17.4. The molecule has 4 amide bonds. The first kappa shape index (κ1) is 42.9. The molecule has 2 aromatic carbocycles. The Bertz CT molecular complexity index is 1850. The number of guanidine groups is 1. The first-order chi connectivity index (χ1) is 26.1. The molecule has 55 heavy (non-hydrogen) atoms. The number of carbonyl (C=O) groups excluding carboxylic acids is 4. The summed E-state index contributed by atoms with van der Waals surface area (Å²) in [6, 6.07) is 17.1. The van der Waals surface area contributed by atoms with Crippen molar-refractivity contribution in [1.29, 1.82) is 0 Å². The van der Waals surface area contributed by atoms with Crippen molar-refractivity contribution in [2.24, 2.45) is 4.99 Å². The largest absolute Gasteiger partial charge is 0.480 e. The van der Waals surface area contributed by atoms with E-state index in [1.54, 1.807) is 69.3 Å². The van der Waals surface area contributed by atoms with Gasteiger partial charge in [0.2, 0.25) is 11.9 Å². The zero-order valence-electron chi connectivity index (χ0n) is 31.2. The fraction of sp³-hybridized carbons (Fsp3) is 0.405. The number of carboxylic acid groups (broad SMARTS) is 1. The second kappa shape index (κ2) is 21.3. The van der Waals surface area contributed by atoms with Gasteiger partial charge in [-0.25, -0.2) is 19.2 Å². The second-order valence-electron chi connectivity index (χ2n) is 13.3. The van der Waals surface area contributed by atoms with E-state index >= 15 is 0 Å². The lowest BCUT2D eigenvalue weighted by Gasteiger charge is -2.28. The smallest absolute Gasteiger partial charge is 0.414 e. The monoisotopic (exact) mass is 765 g/mol. The molecule has 0 fully saturated rings. The van der Waals surface area contributed by atoms with Crippen molar-refractivity contribution in [2.75, 3.05) is 19.6 Å². The third kappa shape index (κ3) is 16.8. The van der Waals surface area contributed by atoms with E-state index in [1.807, 2.05) is 12.1 Å². The number of nitrogens with one attached hydrogen (secondary N) is 4. The van der Waals surface area contributed by atoms with Gasteiger partial charge in [0.05, 0.1) is 0 Å².